The fourth-order valence-electron chi connectivity index (χ4n) is 1.87. The molecule has 0 aliphatic rings. The standard InChI is InChI=1S/C13H18N4O3S/c1-20-12-9-11(14)3-4-13(12)21(18,19)16-5-2-7-17-8-6-15-10-17/h3-4,6,8-10,16H,2,5,7,14H2,1H3. The van der Waals surface area contributed by atoms with Gasteiger partial charge >= 0.3 is 0 Å². The molecule has 0 aliphatic carbocycles. The lowest BCUT2D eigenvalue weighted by atomic mass is 10.3. The third-order valence-electron chi connectivity index (χ3n) is 2.92. The molecule has 0 radical (unpaired) electrons. The topological polar surface area (TPSA) is 99.2 Å². The molecule has 2 rings (SSSR count). The van der Waals surface area contributed by atoms with Crippen LogP contribution in [0.5, 0.6) is 5.75 Å². The molecular formula is C13H18N4O3S. The van der Waals surface area contributed by atoms with Crippen molar-refractivity contribution in [3.8, 4) is 5.75 Å². The number of ether oxygens (including phenoxy) is 1. The van der Waals surface area contributed by atoms with E-state index in [0.717, 1.165) is 0 Å². The molecule has 0 saturated heterocycles. The zero-order chi connectivity index (χ0) is 15.3. The number of rotatable bonds is 7. The number of nitrogen functional groups attached to an aromatic ring is 1. The van der Waals surface area contributed by atoms with Gasteiger partial charge in [-0.05, 0) is 18.6 Å². The van der Waals surface area contributed by atoms with Gasteiger partial charge < -0.3 is 15.0 Å². The van der Waals surface area contributed by atoms with Gasteiger partial charge in [-0.3, -0.25) is 0 Å². The van der Waals surface area contributed by atoms with E-state index in [1.807, 2.05) is 10.8 Å². The molecule has 0 unspecified atom stereocenters. The molecule has 0 aliphatic heterocycles. The minimum absolute atomic E-state index is 0.0850. The highest BCUT2D eigenvalue weighted by Gasteiger charge is 2.18. The fourth-order valence-corrected chi connectivity index (χ4v) is 3.09. The molecule has 1 heterocycles. The number of nitrogens with one attached hydrogen (secondary N) is 1. The van der Waals surface area contributed by atoms with E-state index in [1.165, 1.54) is 25.3 Å². The van der Waals surface area contributed by atoms with E-state index < -0.39 is 10.0 Å². The molecule has 1 aromatic heterocycles. The van der Waals surface area contributed by atoms with E-state index in [9.17, 15) is 8.42 Å². The Balaban J connectivity index is 1.98. The summed E-state index contributed by atoms with van der Waals surface area (Å²) in [5.74, 6) is 0.233. The third kappa shape index (κ3) is 3.96. The van der Waals surface area contributed by atoms with Crippen LogP contribution < -0.4 is 15.2 Å². The van der Waals surface area contributed by atoms with Gasteiger partial charge in [-0.15, -0.1) is 0 Å². The normalized spacial score (nSPS) is 11.5. The number of hydrogen-bond donors (Lipinski definition) is 2. The highest BCUT2D eigenvalue weighted by molar-refractivity contribution is 7.89. The van der Waals surface area contributed by atoms with Crippen LogP contribution in [-0.4, -0.2) is 31.6 Å². The lowest BCUT2D eigenvalue weighted by Crippen LogP contribution is -2.26. The maximum Gasteiger partial charge on any atom is 0.244 e. The van der Waals surface area contributed by atoms with E-state index in [-0.39, 0.29) is 10.6 Å². The Hall–Kier alpha value is -2.06. The highest BCUT2D eigenvalue weighted by atomic mass is 32.2. The minimum Gasteiger partial charge on any atom is -0.495 e. The Kier molecular flexibility index (Phi) is 4.81. The molecule has 0 amide bonds. The number of hydrogen-bond acceptors (Lipinski definition) is 5. The second-order valence-corrected chi connectivity index (χ2v) is 6.20. The first-order valence-electron chi connectivity index (χ1n) is 6.42. The van der Waals surface area contributed by atoms with Crippen LogP contribution in [0.3, 0.4) is 0 Å². The number of methoxy groups -OCH3 is 1. The fraction of sp³-hybridized carbons (Fsp3) is 0.308. The van der Waals surface area contributed by atoms with Crippen LogP contribution in [0.1, 0.15) is 6.42 Å². The van der Waals surface area contributed by atoms with Gasteiger partial charge in [0.25, 0.3) is 0 Å². The molecule has 2 aromatic rings. The summed E-state index contributed by atoms with van der Waals surface area (Å²) in [6, 6.07) is 4.45. The summed E-state index contributed by atoms with van der Waals surface area (Å²) in [7, 11) is -2.21. The van der Waals surface area contributed by atoms with Crippen molar-refractivity contribution < 1.29 is 13.2 Å². The Labute approximate surface area is 123 Å². The smallest absolute Gasteiger partial charge is 0.244 e. The molecule has 1 aromatic carbocycles. The van der Waals surface area contributed by atoms with Crippen molar-refractivity contribution in [1.82, 2.24) is 14.3 Å². The van der Waals surface area contributed by atoms with Crippen LogP contribution in [0, 0.1) is 0 Å². The van der Waals surface area contributed by atoms with Crippen LogP contribution in [0.25, 0.3) is 0 Å². The number of aryl methyl sites for hydroxylation is 1. The summed E-state index contributed by atoms with van der Waals surface area (Å²) in [4.78, 5) is 4.01. The first-order valence-corrected chi connectivity index (χ1v) is 7.90. The average Bonchev–Trinajstić information content (AvgIpc) is 2.96. The maximum absolute atomic E-state index is 12.2. The molecule has 7 nitrogen and oxygen atoms in total. The van der Waals surface area contributed by atoms with E-state index in [0.29, 0.717) is 25.2 Å². The lowest BCUT2D eigenvalue weighted by molar-refractivity contribution is 0.402. The number of benzene rings is 1. The maximum atomic E-state index is 12.2. The Morgan fingerprint density at radius 2 is 2.24 bits per heavy atom. The van der Waals surface area contributed by atoms with Gasteiger partial charge in [-0.25, -0.2) is 18.1 Å². The summed E-state index contributed by atoms with van der Waals surface area (Å²) in [6.45, 7) is 1.02. The van der Waals surface area contributed by atoms with E-state index >= 15 is 0 Å². The first-order chi connectivity index (χ1) is 10.0. The first kappa shape index (κ1) is 15.3. The van der Waals surface area contributed by atoms with Crippen LogP contribution in [0.4, 0.5) is 5.69 Å². The summed E-state index contributed by atoms with van der Waals surface area (Å²) >= 11 is 0. The van der Waals surface area contributed by atoms with Crippen LogP contribution in [0.15, 0.2) is 41.8 Å². The molecule has 0 saturated carbocycles. The van der Waals surface area contributed by atoms with Crippen molar-refractivity contribution in [2.45, 2.75) is 17.9 Å². The van der Waals surface area contributed by atoms with Crippen molar-refractivity contribution in [3.05, 3.63) is 36.9 Å². The average molecular weight is 310 g/mol. The second kappa shape index (κ2) is 6.59. The van der Waals surface area contributed by atoms with Gasteiger partial charge in [0.1, 0.15) is 10.6 Å². The molecular weight excluding hydrogens is 292 g/mol. The monoisotopic (exact) mass is 310 g/mol. The quantitative estimate of drug-likeness (QED) is 0.583. The molecule has 114 valence electrons. The highest BCUT2D eigenvalue weighted by Crippen LogP contribution is 2.25. The summed E-state index contributed by atoms with van der Waals surface area (Å²) in [6.07, 6.45) is 5.87. The summed E-state index contributed by atoms with van der Waals surface area (Å²) in [5.41, 5.74) is 6.07. The lowest BCUT2D eigenvalue weighted by Gasteiger charge is -2.11. The number of nitrogens with zero attached hydrogens (tertiary/aromatic N) is 2. The zero-order valence-electron chi connectivity index (χ0n) is 11.7. The van der Waals surface area contributed by atoms with Crippen molar-refractivity contribution in [1.29, 1.82) is 0 Å². The number of sulfonamides is 1. The molecule has 3 N–H and O–H groups in total. The van der Waals surface area contributed by atoms with E-state index in [1.54, 1.807) is 12.5 Å². The van der Waals surface area contributed by atoms with Crippen molar-refractivity contribution in [2.24, 2.45) is 0 Å². The van der Waals surface area contributed by atoms with E-state index in [2.05, 4.69) is 9.71 Å². The third-order valence-corrected chi connectivity index (χ3v) is 4.42. The van der Waals surface area contributed by atoms with Crippen LogP contribution in [-0.2, 0) is 16.6 Å². The summed E-state index contributed by atoms with van der Waals surface area (Å²) in [5, 5.41) is 0. The number of nitrogens with two attached hydrogens (primary N) is 1. The molecule has 0 fully saturated rings. The van der Waals surface area contributed by atoms with Crippen molar-refractivity contribution >= 4 is 15.7 Å². The Bertz CT molecular complexity index is 683. The number of anilines is 1. The Morgan fingerprint density at radius 3 is 2.90 bits per heavy atom. The molecule has 0 spiro atoms. The van der Waals surface area contributed by atoms with Crippen LogP contribution in [0.2, 0.25) is 0 Å². The van der Waals surface area contributed by atoms with E-state index in [4.69, 9.17) is 10.5 Å². The van der Waals surface area contributed by atoms with Gasteiger partial charge in [-0.1, -0.05) is 0 Å². The predicted octanol–water partition coefficient (Wildman–Crippen LogP) is 0.842. The van der Waals surface area contributed by atoms with Crippen molar-refractivity contribution in [3.63, 3.8) is 0 Å². The minimum atomic E-state index is -3.62. The Morgan fingerprint density at radius 1 is 1.43 bits per heavy atom. The second-order valence-electron chi connectivity index (χ2n) is 4.46. The predicted molar refractivity (Wildman–Crippen MR) is 79.4 cm³/mol. The molecule has 0 bridgehead atoms. The van der Waals surface area contributed by atoms with Gasteiger partial charge in [-0.2, -0.15) is 0 Å². The van der Waals surface area contributed by atoms with Gasteiger partial charge in [0.05, 0.1) is 13.4 Å². The van der Waals surface area contributed by atoms with Crippen molar-refractivity contribution in [2.75, 3.05) is 19.4 Å². The number of aromatic nitrogens is 2. The number of imidazole rings is 1. The molecule has 21 heavy (non-hydrogen) atoms. The SMILES string of the molecule is COc1cc(N)ccc1S(=O)(=O)NCCCn1ccnc1. The van der Waals surface area contributed by atoms with Gasteiger partial charge in [0.2, 0.25) is 10.0 Å². The molecule has 8 heteroatoms. The summed E-state index contributed by atoms with van der Waals surface area (Å²) < 4.78 is 34.0. The largest absolute Gasteiger partial charge is 0.495 e. The van der Waals surface area contributed by atoms with Gasteiger partial charge in [0, 0.05) is 37.2 Å². The zero-order valence-corrected chi connectivity index (χ0v) is 12.5. The van der Waals surface area contributed by atoms with Crippen LogP contribution >= 0.6 is 0 Å². The molecule has 0 atom stereocenters. The van der Waals surface area contributed by atoms with Gasteiger partial charge in [0.15, 0.2) is 0 Å².